The standard InChI is InChI=1S/C22H33N5.HI/c1-5-23-21(24-14-17(2)15-27-19(4)13-18(3)26-27)25-16-22(11-12-22)20-9-7-6-8-10-20;/h6-10,13,17H,5,11-12,14-16H2,1-4H3,(H2,23,24,25);1H. The predicted octanol–water partition coefficient (Wildman–Crippen LogP) is 4.04. The molecule has 5 nitrogen and oxygen atoms in total. The van der Waals surface area contributed by atoms with Gasteiger partial charge in [-0.25, -0.2) is 0 Å². The van der Waals surface area contributed by atoms with Crippen molar-refractivity contribution >= 4 is 29.9 Å². The Bertz CT molecular complexity index is 764. The molecule has 3 rings (SSSR count). The van der Waals surface area contributed by atoms with Gasteiger partial charge in [0.1, 0.15) is 0 Å². The van der Waals surface area contributed by atoms with Crippen molar-refractivity contribution in [3.05, 3.63) is 53.3 Å². The molecule has 1 fully saturated rings. The van der Waals surface area contributed by atoms with Gasteiger partial charge in [-0.05, 0) is 51.2 Å². The first kappa shape index (κ1) is 22.7. The number of aryl methyl sites for hydroxylation is 2. The van der Waals surface area contributed by atoms with Crippen LogP contribution in [0.15, 0.2) is 41.4 Å². The zero-order chi connectivity index (χ0) is 19.3. The van der Waals surface area contributed by atoms with Gasteiger partial charge in [0.2, 0.25) is 0 Å². The highest BCUT2D eigenvalue weighted by Gasteiger charge is 2.43. The Morgan fingerprint density at radius 2 is 1.93 bits per heavy atom. The third kappa shape index (κ3) is 5.96. The molecular weight excluding hydrogens is 461 g/mol. The third-order valence-electron chi connectivity index (χ3n) is 5.33. The number of hydrogen-bond donors (Lipinski definition) is 2. The Labute approximate surface area is 186 Å². The summed E-state index contributed by atoms with van der Waals surface area (Å²) in [4.78, 5) is 4.90. The summed E-state index contributed by atoms with van der Waals surface area (Å²) in [7, 11) is 0. The zero-order valence-electron chi connectivity index (χ0n) is 17.5. The van der Waals surface area contributed by atoms with Crippen molar-refractivity contribution in [3.8, 4) is 0 Å². The van der Waals surface area contributed by atoms with E-state index < -0.39 is 0 Å². The molecule has 1 aromatic heterocycles. The lowest BCUT2D eigenvalue weighted by Gasteiger charge is -2.18. The molecule has 1 aliphatic rings. The molecule has 6 heteroatoms. The fourth-order valence-corrected chi connectivity index (χ4v) is 3.54. The topological polar surface area (TPSA) is 54.2 Å². The Kier molecular flexibility index (Phi) is 8.34. The molecule has 1 aliphatic carbocycles. The maximum atomic E-state index is 4.90. The second-order valence-electron chi connectivity index (χ2n) is 7.94. The highest BCUT2D eigenvalue weighted by Crippen LogP contribution is 2.48. The Balaban J connectivity index is 0.00000280. The lowest BCUT2D eigenvalue weighted by Crippen LogP contribution is -2.40. The molecular formula is C22H34IN5. The molecule has 28 heavy (non-hydrogen) atoms. The quantitative estimate of drug-likeness (QED) is 0.330. The van der Waals surface area contributed by atoms with Gasteiger partial charge in [-0.1, -0.05) is 37.3 Å². The van der Waals surface area contributed by atoms with Crippen LogP contribution in [0.1, 0.15) is 43.6 Å². The SMILES string of the molecule is CCNC(=NCC1(c2ccccc2)CC1)NCC(C)Cn1nc(C)cc1C.I. The van der Waals surface area contributed by atoms with E-state index in [0.29, 0.717) is 5.92 Å². The van der Waals surface area contributed by atoms with Crippen molar-refractivity contribution < 1.29 is 0 Å². The van der Waals surface area contributed by atoms with Gasteiger partial charge < -0.3 is 10.6 Å². The van der Waals surface area contributed by atoms with Crippen molar-refractivity contribution in [2.24, 2.45) is 10.9 Å². The fourth-order valence-electron chi connectivity index (χ4n) is 3.54. The molecule has 1 unspecified atom stereocenters. The normalized spacial score (nSPS) is 16.2. The number of aliphatic imine (C=N–C) groups is 1. The van der Waals surface area contributed by atoms with Gasteiger partial charge in [-0.15, -0.1) is 24.0 Å². The molecule has 2 aromatic rings. The average Bonchev–Trinajstić information content (AvgIpc) is 3.38. The van der Waals surface area contributed by atoms with Crippen molar-refractivity contribution in [3.63, 3.8) is 0 Å². The van der Waals surface area contributed by atoms with Crippen LogP contribution in [0, 0.1) is 19.8 Å². The van der Waals surface area contributed by atoms with Crippen LogP contribution in [-0.4, -0.2) is 35.4 Å². The number of halogens is 1. The van der Waals surface area contributed by atoms with Gasteiger partial charge in [0, 0.05) is 30.7 Å². The first-order valence-electron chi connectivity index (χ1n) is 10.1. The molecule has 0 radical (unpaired) electrons. The maximum absolute atomic E-state index is 4.90. The van der Waals surface area contributed by atoms with Crippen LogP contribution in [0.25, 0.3) is 0 Å². The van der Waals surface area contributed by atoms with Crippen LogP contribution in [0.5, 0.6) is 0 Å². The van der Waals surface area contributed by atoms with Crippen LogP contribution in [0.3, 0.4) is 0 Å². The highest BCUT2D eigenvalue weighted by molar-refractivity contribution is 14.0. The van der Waals surface area contributed by atoms with Crippen molar-refractivity contribution in [1.82, 2.24) is 20.4 Å². The smallest absolute Gasteiger partial charge is 0.191 e. The molecule has 0 amide bonds. The van der Waals surface area contributed by atoms with E-state index in [9.17, 15) is 0 Å². The van der Waals surface area contributed by atoms with Gasteiger partial charge >= 0.3 is 0 Å². The second kappa shape index (κ2) is 10.3. The van der Waals surface area contributed by atoms with Crippen LogP contribution in [-0.2, 0) is 12.0 Å². The third-order valence-corrected chi connectivity index (χ3v) is 5.33. The molecule has 1 aromatic carbocycles. The zero-order valence-corrected chi connectivity index (χ0v) is 19.9. The minimum Gasteiger partial charge on any atom is -0.357 e. The number of rotatable bonds is 8. The number of hydrogen-bond acceptors (Lipinski definition) is 2. The van der Waals surface area contributed by atoms with Gasteiger partial charge in [0.25, 0.3) is 0 Å². The van der Waals surface area contributed by atoms with E-state index in [1.54, 1.807) is 0 Å². The minimum absolute atomic E-state index is 0. The van der Waals surface area contributed by atoms with Crippen LogP contribution < -0.4 is 10.6 Å². The number of guanidine groups is 1. The van der Waals surface area contributed by atoms with Crippen molar-refractivity contribution in [2.75, 3.05) is 19.6 Å². The Hall–Kier alpha value is -1.57. The van der Waals surface area contributed by atoms with Gasteiger partial charge in [0.15, 0.2) is 5.96 Å². The summed E-state index contributed by atoms with van der Waals surface area (Å²) < 4.78 is 2.10. The maximum Gasteiger partial charge on any atom is 0.191 e. The summed E-state index contributed by atoms with van der Waals surface area (Å²) in [6, 6.07) is 12.9. The first-order valence-corrected chi connectivity index (χ1v) is 10.1. The lowest BCUT2D eigenvalue weighted by atomic mass is 9.96. The minimum atomic E-state index is 0. The van der Waals surface area contributed by atoms with Gasteiger partial charge in [0.05, 0.1) is 12.2 Å². The highest BCUT2D eigenvalue weighted by atomic mass is 127. The van der Waals surface area contributed by atoms with E-state index in [4.69, 9.17) is 4.99 Å². The number of nitrogens with one attached hydrogen (secondary N) is 2. The number of benzene rings is 1. The van der Waals surface area contributed by atoms with E-state index in [0.717, 1.165) is 37.8 Å². The summed E-state index contributed by atoms with van der Waals surface area (Å²) in [5.41, 5.74) is 3.97. The molecule has 0 spiro atoms. The van der Waals surface area contributed by atoms with Crippen LogP contribution >= 0.6 is 24.0 Å². The van der Waals surface area contributed by atoms with E-state index in [-0.39, 0.29) is 29.4 Å². The molecule has 0 bridgehead atoms. The summed E-state index contributed by atoms with van der Waals surface area (Å²) in [6.45, 7) is 12.0. The number of aromatic nitrogens is 2. The van der Waals surface area contributed by atoms with E-state index in [1.807, 2.05) is 6.92 Å². The van der Waals surface area contributed by atoms with Crippen LogP contribution in [0.2, 0.25) is 0 Å². The summed E-state index contributed by atoms with van der Waals surface area (Å²) >= 11 is 0. The Morgan fingerprint density at radius 3 is 2.50 bits per heavy atom. The van der Waals surface area contributed by atoms with E-state index >= 15 is 0 Å². The fraction of sp³-hybridized carbons (Fsp3) is 0.545. The Morgan fingerprint density at radius 1 is 1.21 bits per heavy atom. The summed E-state index contributed by atoms with van der Waals surface area (Å²) in [6.07, 6.45) is 2.46. The van der Waals surface area contributed by atoms with Gasteiger partial charge in [-0.2, -0.15) is 5.10 Å². The molecule has 0 saturated heterocycles. The van der Waals surface area contributed by atoms with Gasteiger partial charge in [-0.3, -0.25) is 9.67 Å². The largest absolute Gasteiger partial charge is 0.357 e. The molecule has 1 atom stereocenters. The first-order chi connectivity index (χ1) is 13.0. The average molecular weight is 495 g/mol. The molecule has 2 N–H and O–H groups in total. The second-order valence-corrected chi connectivity index (χ2v) is 7.94. The lowest BCUT2D eigenvalue weighted by molar-refractivity contribution is 0.435. The summed E-state index contributed by atoms with van der Waals surface area (Å²) in [5.74, 6) is 1.38. The predicted molar refractivity (Wildman–Crippen MR) is 128 cm³/mol. The van der Waals surface area contributed by atoms with E-state index in [2.05, 4.69) is 77.6 Å². The molecule has 154 valence electrons. The summed E-state index contributed by atoms with van der Waals surface area (Å²) in [5, 5.41) is 11.5. The molecule has 1 heterocycles. The molecule has 0 aliphatic heterocycles. The van der Waals surface area contributed by atoms with Crippen LogP contribution in [0.4, 0.5) is 0 Å². The van der Waals surface area contributed by atoms with Crippen molar-refractivity contribution in [1.29, 1.82) is 0 Å². The molecule has 1 saturated carbocycles. The number of nitrogens with zero attached hydrogens (tertiary/aromatic N) is 3. The van der Waals surface area contributed by atoms with E-state index in [1.165, 1.54) is 24.1 Å². The monoisotopic (exact) mass is 495 g/mol. The van der Waals surface area contributed by atoms with Crippen molar-refractivity contribution in [2.45, 2.75) is 52.5 Å².